The summed E-state index contributed by atoms with van der Waals surface area (Å²) in [5, 5.41) is 9.71. The van der Waals surface area contributed by atoms with E-state index >= 15 is 0 Å². The van der Waals surface area contributed by atoms with Crippen LogP contribution in [0.5, 0.6) is 0 Å². The SMILES string of the molecule is CC1CN(CC(=O)N(C)Cc2ccccc2)CCC1O. The first-order chi connectivity index (χ1) is 9.56. The van der Waals surface area contributed by atoms with Crippen LogP contribution in [0.2, 0.25) is 0 Å². The summed E-state index contributed by atoms with van der Waals surface area (Å²) in [6.45, 7) is 4.73. The zero-order chi connectivity index (χ0) is 14.5. The average molecular weight is 276 g/mol. The average Bonchev–Trinajstić information content (AvgIpc) is 2.44. The number of aliphatic hydroxyl groups is 1. The maximum atomic E-state index is 12.2. The molecule has 1 fully saturated rings. The summed E-state index contributed by atoms with van der Waals surface area (Å²) in [6, 6.07) is 10.0. The van der Waals surface area contributed by atoms with Crippen LogP contribution >= 0.6 is 0 Å². The highest BCUT2D eigenvalue weighted by atomic mass is 16.3. The Morgan fingerprint density at radius 2 is 2.10 bits per heavy atom. The summed E-state index contributed by atoms with van der Waals surface area (Å²) in [5.74, 6) is 0.383. The number of benzene rings is 1. The van der Waals surface area contributed by atoms with Crippen molar-refractivity contribution in [1.29, 1.82) is 0 Å². The van der Waals surface area contributed by atoms with E-state index in [0.29, 0.717) is 13.1 Å². The minimum atomic E-state index is -0.219. The Bertz CT molecular complexity index is 435. The van der Waals surface area contributed by atoms with Crippen molar-refractivity contribution in [3.05, 3.63) is 35.9 Å². The lowest BCUT2D eigenvalue weighted by atomic mass is 9.97. The Balaban J connectivity index is 1.82. The molecule has 0 bridgehead atoms. The topological polar surface area (TPSA) is 43.8 Å². The van der Waals surface area contributed by atoms with Crippen LogP contribution in [-0.4, -0.2) is 53.6 Å². The van der Waals surface area contributed by atoms with Gasteiger partial charge in [0, 0.05) is 26.7 Å². The molecular weight excluding hydrogens is 252 g/mol. The van der Waals surface area contributed by atoms with E-state index in [4.69, 9.17) is 0 Å². The molecule has 4 heteroatoms. The van der Waals surface area contributed by atoms with Crippen LogP contribution < -0.4 is 0 Å². The molecule has 0 radical (unpaired) electrons. The van der Waals surface area contributed by atoms with Gasteiger partial charge in [-0.2, -0.15) is 0 Å². The van der Waals surface area contributed by atoms with Gasteiger partial charge in [-0.15, -0.1) is 0 Å². The Kier molecular flexibility index (Phi) is 5.15. The summed E-state index contributed by atoms with van der Waals surface area (Å²) in [6.07, 6.45) is 0.542. The van der Waals surface area contributed by atoms with E-state index in [9.17, 15) is 9.90 Å². The largest absolute Gasteiger partial charge is 0.393 e. The van der Waals surface area contributed by atoms with Gasteiger partial charge in [0.2, 0.25) is 5.91 Å². The maximum Gasteiger partial charge on any atom is 0.236 e. The molecule has 0 spiro atoms. The van der Waals surface area contributed by atoms with E-state index in [-0.39, 0.29) is 17.9 Å². The molecule has 1 aliphatic heterocycles. The number of carbonyl (C=O) groups excluding carboxylic acids is 1. The zero-order valence-corrected chi connectivity index (χ0v) is 12.3. The lowest BCUT2D eigenvalue weighted by molar-refractivity contribution is -0.132. The summed E-state index contributed by atoms with van der Waals surface area (Å²) in [5.41, 5.74) is 1.14. The van der Waals surface area contributed by atoms with Crippen LogP contribution in [0.3, 0.4) is 0 Å². The van der Waals surface area contributed by atoms with Gasteiger partial charge in [-0.05, 0) is 17.9 Å². The maximum absolute atomic E-state index is 12.2. The first kappa shape index (κ1) is 15.0. The van der Waals surface area contributed by atoms with E-state index in [1.54, 1.807) is 4.90 Å². The highest BCUT2D eigenvalue weighted by molar-refractivity contribution is 5.78. The monoisotopic (exact) mass is 276 g/mol. The number of hydrogen-bond donors (Lipinski definition) is 1. The number of piperidine rings is 1. The Morgan fingerprint density at radius 3 is 2.75 bits per heavy atom. The molecule has 1 aliphatic rings. The molecule has 0 aromatic heterocycles. The normalized spacial score (nSPS) is 23.6. The van der Waals surface area contributed by atoms with Gasteiger partial charge in [0.15, 0.2) is 0 Å². The molecule has 1 aromatic carbocycles. The van der Waals surface area contributed by atoms with Gasteiger partial charge in [-0.25, -0.2) is 0 Å². The fourth-order valence-electron chi connectivity index (χ4n) is 2.62. The fraction of sp³-hybridized carbons (Fsp3) is 0.562. The second kappa shape index (κ2) is 6.86. The molecule has 4 nitrogen and oxygen atoms in total. The van der Waals surface area contributed by atoms with E-state index < -0.39 is 0 Å². The van der Waals surface area contributed by atoms with Crippen molar-refractivity contribution in [2.75, 3.05) is 26.7 Å². The van der Waals surface area contributed by atoms with Crippen LogP contribution in [0.25, 0.3) is 0 Å². The number of likely N-dealkylation sites (N-methyl/N-ethyl adjacent to an activating group) is 1. The van der Waals surface area contributed by atoms with Gasteiger partial charge >= 0.3 is 0 Å². The molecule has 0 saturated carbocycles. The lowest BCUT2D eigenvalue weighted by Crippen LogP contribution is -2.46. The summed E-state index contributed by atoms with van der Waals surface area (Å²) in [4.78, 5) is 16.1. The molecule has 2 atom stereocenters. The standard InChI is InChI=1S/C16H24N2O2/c1-13-10-18(9-8-15(13)19)12-16(20)17(2)11-14-6-4-3-5-7-14/h3-7,13,15,19H,8-12H2,1-2H3. The molecule has 2 rings (SSSR count). The van der Waals surface area contributed by atoms with Gasteiger partial charge in [0.1, 0.15) is 0 Å². The number of rotatable bonds is 4. The lowest BCUT2D eigenvalue weighted by Gasteiger charge is -2.34. The number of aliphatic hydroxyl groups excluding tert-OH is 1. The van der Waals surface area contributed by atoms with Crippen molar-refractivity contribution >= 4 is 5.91 Å². The summed E-state index contributed by atoms with van der Waals surface area (Å²) in [7, 11) is 1.84. The van der Waals surface area contributed by atoms with Gasteiger partial charge in [-0.3, -0.25) is 9.69 Å². The number of likely N-dealkylation sites (tertiary alicyclic amines) is 1. The predicted octanol–water partition coefficient (Wildman–Crippen LogP) is 1.35. The molecule has 2 unspecified atom stereocenters. The first-order valence-corrected chi connectivity index (χ1v) is 7.24. The highest BCUT2D eigenvalue weighted by Crippen LogP contribution is 2.16. The second-order valence-electron chi connectivity index (χ2n) is 5.80. The molecule has 1 aromatic rings. The van der Waals surface area contributed by atoms with Crippen LogP contribution in [0.15, 0.2) is 30.3 Å². The van der Waals surface area contributed by atoms with E-state index in [1.165, 1.54) is 0 Å². The Morgan fingerprint density at radius 1 is 1.40 bits per heavy atom. The van der Waals surface area contributed by atoms with E-state index in [0.717, 1.165) is 25.1 Å². The molecular formula is C16H24N2O2. The third-order valence-electron chi connectivity index (χ3n) is 3.99. The van der Waals surface area contributed by atoms with Gasteiger partial charge < -0.3 is 10.0 Å². The molecule has 20 heavy (non-hydrogen) atoms. The quantitative estimate of drug-likeness (QED) is 0.903. The van der Waals surface area contributed by atoms with E-state index in [2.05, 4.69) is 4.90 Å². The number of hydrogen-bond acceptors (Lipinski definition) is 3. The van der Waals surface area contributed by atoms with Gasteiger partial charge in [0.25, 0.3) is 0 Å². The van der Waals surface area contributed by atoms with Crippen molar-refractivity contribution in [3.8, 4) is 0 Å². The minimum Gasteiger partial charge on any atom is -0.393 e. The van der Waals surface area contributed by atoms with Crippen LogP contribution in [0.4, 0.5) is 0 Å². The van der Waals surface area contributed by atoms with Crippen molar-refractivity contribution in [1.82, 2.24) is 9.80 Å². The predicted molar refractivity (Wildman–Crippen MR) is 79.1 cm³/mol. The molecule has 110 valence electrons. The molecule has 1 amide bonds. The van der Waals surface area contributed by atoms with Crippen LogP contribution in [-0.2, 0) is 11.3 Å². The molecule has 1 heterocycles. The van der Waals surface area contributed by atoms with Crippen molar-refractivity contribution in [3.63, 3.8) is 0 Å². The number of nitrogens with zero attached hydrogens (tertiary/aromatic N) is 2. The minimum absolute atomic E-state index is 0.137. The summed E-state index contributed by atoms with van der Waals surface area (Å²) < 4.78 is 0. The molecule has 0 aliphatic carbocycles. The van der Waals surface area contributed by atoms with Gasteiger partial charge in [0.05, 0.1) is 12.6 Å². The number of amides is 1. The Hall–Kier alpha value is -1.39. The third kappa shape index (κ3) is 4.05. The molecule has 1 N–H and O–H groups in total. The second-order valence-corrected chi connectivity index (χ2v) is 5.80. The first-order valence-electron chi connectivity index (χ1n) is 7.24. The van der Waals surface area contributed by atoms with Crippen molar-refractivity contribution in [2.45, 2.75) is 26.0 Å². The zero-order valence-electron chi connectivity index (χ0n) is 12.3. The van der Waals surface area contributed by atoms with Crippen molar-refractivity contribution < 1.29 is 9.90 Å². The van der Waals surface area contributed by atoms with Crippen molar-refractivity contribution in [2.24, 2.45) is 5.92 Å². The fourth-order valence-corrected chi connectivity index (χ4v) is 2.62. The van der Waals surface area contributed by atoms with Crippen LogP contribution in [0, 0.1) is 5.92 Å². The highest BCUT2D eigenvalue weighted by Gasteiger charge is 2.25. The molecule has 1 saturated heterocycles. The van der Waals surface area contributed by atoms with E-state index in [1.807, 2.05) is 44.3 Å². The summed E-state index contributed by atoms with van der Waals surface area (Å²) >= 11 is 0. The third-order valence-corrected chi connectivity index (χ3v) is 3.99. The smallest absolute Gasteiger partial charge is 0.236 e. The van der Waals surface area contributed by atoms with Gasteiger partial charge in [-0.1, -0.05) is 37.3 Å². The Labute approximate surface area is 121 Å². The number of carbonyl (C=O) groups is 1. The van der Waals surface area contributed by atoms with Crippen LogP contribution in [0.1, 0.15) is 18.9 Å².